The van der Waals surface area contributed by atoms with Crippen LogP contribution in [0.2, 0.25) is 0 Å². The second kappa shape index (κ2) is 3.25. The Morgan fingerprint density at radius 1 is 1.75 bits per heavy atom. The van der Waals surface area contributed by atoms with Crippen LogP contribution in [-0.4, -0.2) is 29.2 Å². The predicted molar refractivity (Wildman–Crippen MR) is 44.4 cm³/mol. The van der Waals surface area contributed by atoms with Gasteiger partial charge in [0, 0.05) is 25.2 Å². The summed E-state index contributed by atoms with van der Waals surface area (Å²) >= 11 is 0. The molecule has 1 atom stereocenters. The molecule has 1 aliphatic heterocycles. The van der Waals surface area contributed by atoms with Crippen molar-refractivity contribution in [2.45, 2.75) is 19.0 Å². The monoisotopic (exact) mass is 167 g/mol. The fourth-order valence-corrected chi connectivity index (χ4v) is 1.55. The number of likely N-dealkylation sites (tertiary alicyclic amines) is 1. The molecule has 4 heteroatoms. The maximum Gasteiger partial charge on any atom is 0.150 e. The van der Waals surface area contributed by atoms with Gasteiger partial charge < -0.3 is 10.3 Å². The molecule has 1 saturated heterocycles. The highest BCUT2D eigenvalue weighted by atomic mass is 16.5. The van der Waals surface area contributed by atoms with Crippen LogP contribution in [0.5, 0.6) is 0 Å². The maximum atomic E-state index is 5.77. The van der Waals surface area contributed by atoms with Crippen molar-refractivity contribution in [2.75, 3.05) is 13.1 Å². The lowest BCUT2D eigenvalue weighted by Crippen LogP contribution is -2.26. The predicted octanol–water partition coefficient (Wildman–Crippen LogP) is 0.208. The number of nitrogens with zero attached hydrogens (tertiary/aromatic N) is 2. The van der Waals surface area contributed by atoms with Crippen LogP contribution in [0.25, 0.3) is 0 Å². The Morgan fingerprint density at radius 2 is 2.67 bits per heavy atom. The van der Waals surface area contributed by atoms with Crippen LogP contribution in [0.4, 0.5) is 0 Å². The van der Waals surface area contributed by atoms with E-state index in [-0.39, 0.29) is 0 Å². The zero-order valence-corrected chi connectivity index (χ0v) is 6.94. The average Bonchev–Trinajstić information content (AvgIpc) is 2.63. The van der Waals surface area contributed by atoms with E-state index in [0.717, 1.165) is 31.8 Å². The van der Waals surface area contributed by atoms with Crippen LogP contribution in [0.1, 0.15) is 12.2 Å². The van der Waals surface area contributed by atoms with Crippen molar-refractivity contribution in [2.24, 2.45) is 5.73 Å². The molecule has 4 nitrogen and oxygen atoms in total. The molecule has 1 aromatic heterocycles. The van der Waals surface area contributed by atoms with Crippen molar-refractivity contribution in [1.82, 2.24) is 10.1 Å². The molecule has 1 aromatic rings. The Labute approximate surface area is 71.3 Å². The highest BCUT2D eigenvalue weighted by molar-refractivity contribution is 4.94. The minimum absolute atomic E-state index is 0.341. The molecule has 0 aromatic carbocycles. The van der Waals surface area contributed by atoms with Gasteiger partial charge in [0.25, 0.3) is 0 Å². The molecule has 12 heavy (non-hydrogen) atoms. The molecule has 0 amide bonds. The van der Waals surface area contributed by atoms with Crippen LogP contribution in [0.3, 0.4) is 0 Å². The van der Waals surface area contributed by atoms with Crippen molar-refractivity contribution in [3.63, 3.8) is 0 Å². The molecule has 0 aliphatic carbocycles. The van der Waals surface area contributed by atoms with Gasteiger partial charge in [-0.25, -0.2) is 0 Å². The van der Waals surface area contributed by atoms with E-state index in [1.807, 2.05) is 6.07 Å². The van der Waals surface area contributed by atoms with E-state index in [1.165, 1.54) is 0 Å². The highest BCUT2D eigenvalue weighted by Gasteiger charge is 2.19. The first-order valence-electron chi connectivity index (χ1n) is 4.22. The van der Waals surface area contributed by atoms with Crippen LogP contribution in [0, 0.1) is 0 Å². The van der Waals surface area contributed by atoms with Gasteiger partial charge in [-0.3, -0.25) is 4.90 Å². The molecule has 0 radical (unpaired) electrons. The summed E-state index contributed by atoms with van der Waals surface area (Å²) in [6.45, 7) is 2.89. The summed E-state index contributed by atoms with van der Waals surface area (Å²) in [6, 6.07) is 2.23. The standard InChI is InChI=1S/C8H13N3O/c9-7-2-4-11(5-7)6-8-1-3-10-12-8/h1,3,7H,2,4-6,9H2/t7-/m1/s1. The van der Waals surface area contributed by atoms with Gasteiger partial charge in [0.05, 0.1) is 12.7 Å². The number of nitrogens with two attached hydrogens (primary N) is 1. The lowest BCUT2D eigenvalue weighted by Gasteiger charge is -2.11. The zero-order valence-electron chi connectivity index (χ0n) is 6.94. The van der Waals surface area contributed by atoms with Gasteiger partial charge in [0.15, 0.2) is 5.76 Å². The topological polar surface area (TPSA) is 55.3 Å². The molecular formula is C8H13N3O. The lowest BCUT2D eigenvalue weighted by molar-refractivity contribution is 0.271. The number of hydrogen-bond acceptors (Lipinski definition) is 4. The summed E-state index contributed by atoms with van der Waals surface area (Å²) in [5.41, 5.74) is 5.77. The average molecular weight is 167 g/mol. The molecule has 0 spiro atoms. The lowest BCUT2D eigenvalue weighted by atomic mass is 10.3. The van der Waals surface area contributed by atoms with Crippen molar-refractivity contribution in [3.05, 3.63) is 18.0 Å². The second-order valence-electron chi connectivity index (χ2n) is 3.26. The van der Waals surface area contributed by atoms with E-state index < -0.39 is 0 Å². The molecule has 0 bridgehead atoms. The molecular weight excluding hydrogens is 154 g/mol. The Bertz CT molecular complexity index is 234. The quantitative estimate of drug-likeness (QED) is 0.684. The summed E-state index contributed by atoms with van der Waals surface area (Å²) in [6.07, 6.45) is 2.76. The van der Waals surface area contributed by atoms with E-state index in [1.54, 1.807) is 6.20 Å². The largest absolute Gasteiger partial charge is 0.360 e. The number of aromatic nitrogens is 1. The van der Waals surface area contributed by atoms with Gasteiger partial charge in [0.2, 0.25) is 0 Å². The third-order valence-corrected chi connectivity index (χ3v) is 2.18. The SMILES string of the molecule is N[C@@H]1CCN(Cc2ccno2)C1. The van der Waals surface area contributed by atoms with E-state index in [2.05, 4.69) is 10.1 Å². The Balaban J connectivity index is 1.88. The van der Waals surface area contributed by atoms with Crippen molar-refractivity contribution in [3.8, 4) is 0 Å². The Hall–Kier alpha value is -0.870. The van der Waals surface area contributed by atoms with E-state index in [9.17, 15) is 0 Å². The van der Waals surface area contributed by atoms with Gasteiger partial charge in [-0.2, -0.15) is 0 Å². The van der Waals surface area contributed by atoms with Crippen LogP contribution in [-0.2, 0) is 6.54 Å². The fraction of sp³-hybridized carbons (Fsp3) is 0.625. The number of hydrogen-bond donors (Lipinski definition) is 1. The fourth-order valence-electron chi connectivity index (χ4n) is 1.55. The summed E-state index contributed by atoms with van der Waals surface area (Å²) in [4.78, 5) is 2.28. The van der Waals surface area contributed by atoms with E-state index in [4.69, 9.17) is 10.3 Å². The first kappa shape index (κ1) is 7.76. The first-order valence-corrected chi connectivity index (χ1v) is 4.22. The van der Waals surface area contributed by atoms with Crippen molar-refractivity contribution >= 4 is 0 Å². The van der Waals surface area contributed by atoms with Gasteiger partial charge >= 0.3 is 0 Å². The summed E-state index contributed by atoms with van der Waals surface area (Å²) in [5.74, 6) is 0.920. The van der Waals surface area contributed by atoms with Crippen molar-refractivity contribution in [1.29, 1.82) is 0 Å². The molecule has 0 unspecified atom stereocenters. The molecule has 1 aliphatic rings. The molecule has 2 N–H and O–H groups in total. The van der Waals surface area contributed by atoms with Crippen LogP contribution >= 0.6 is 0 Å². The summed E-state index contributed by atoms with van der Waals surface area (Å²) < 4.78 is 5.00. The molecule has 66 valence electrons. The summed E-state index contributed by atoms with van der Waals surface area (Å²) in [7, 11) is 0. The van der Waals surface area contributed by atoms with Gasteiger partial charge in [-0.1, -0.05) is 5.16 Å². The maximum absolute atomic E-state index is 5.77. The summed E-state index contributed by atoms with van der Waals surface area (Å²) in [5, 5.41) is 3.65. The minimum Gasteiger partial charge on any atom is -0.360 e. The van der Waals surface area contributed by atoms with E-state index >= 15 is 0 Å². The van der Waals surface area contributed by atoms with Gasteiger partial charge in [-0.05, 0) is 6.42 Å². The first-order chi connectivity index (χ1) is 5.84. The number of rotatable bonds is 2. The van der Waals surface area contributed by atoms with Crippen LogP contribution in [0.15, 0.2) is 16.8 Å². The van der Waals surface area contributed by atoms with Gasteiger partial charge in [-0.15, -0.1) is 0 Å². The minimum atomic E-state index is 0.341. The van der Waals surface area contributed by atoms with Crippen LogP contribution < -0.4 is 5.73 Å². The third kappa shape index (κ3) is 1.65. The van der Waals surface area contributed by atoms with Crippen molar-refractivity contribution < 1.29 is 4.52 Å². The smallest absolute Gasteiger partial charge is 0.150 e. The molecule has 0 saturated carbocycles. The molecule has 2 heterocycles. The van der Waals surface area contributed by atoms with Gasteiger partial charge in [0.1, 0.15) is 0 Å². The molecule has 2 rings (SSSR count). The Morgan fingerprint density at radius 3 is 3.25 bits per heavy atom. The Kier molecular flexibility index (Phi) is 2.10. The van der Waals surface area contributed by atoms with E-state index in [0.29, 0.717) is 6.04 Å². The third-order valence-electron chi connectivity index (χ3n) is 2.18. The normalized spacial score (nSPS) is 24.9. The molecule has 1 fully saturated rings. The highest BCUT2D eigenvalue weighted by Crippen LogP contribution is 2.11. The second-order valence-corrected chi connectivity index (χ2v) is 3.26. The zero-order chi connectivity index (χ0) is 8.39.